The van der Waals surface area contributed by atoms with Gasteiger partial charge in [-0.3, -0.25) is 9.48 Å². The molecule has 1 saturated heterocycles. The Hall–Kier alpha value is -3.06. The average molecular weight is 489 g/mol. The second-order valence-electron chi connectivity index (χ2n) is 10.9. The van der Waals surface area contributed by atoms with Gasteiger partial charge in [-0.15, -0.1) is 0 Å². The number of hydrogen-bond donors (Lipinski definition) is 1. The number of aromatic nitrogens is 2. The van der Waals surface area contributed by atoms with E-state index in [1.807, 2.05) is 18.2 Å². The molecule has 190 valence electrons. The van der Waals surface area contributed by atoms with Gasteiger partial charge < -0.3 is 19.7 Å². The molecule has 2 aliphatic heterocycles. The normalized spacial score (nSPS) is 24.8. The molecule has 0 radical (unpaired) electrons. The van der Waals surface area contributed by atoms with Crippen molar-refractivity contribution in [1.29, 1.82) is 0 Å². The molecule has 1 aliphatic carbocycles. The maximum atomic E-state index is 13.3. The zero-order valence-electron chi connectivity index (χ0n) is 21.3. The van der Waals surface area contributed by atoms with Crippen molar-refractivity contribution in [3.05, 3.63) is 48.2 Å². The molecule has 1 atom stereocenters. The number of anilines is 2. The van der Waals surface area contributed by atoms with E-state index in [1.54, 1.807) is 6.07 Å². The number of fused-ring (bicyclic) bond motifs is 7. The Morgan fingerprint density at radius 2 is 1.92 bits per heavy atom. The van der Waals surface area contributed by atoms with Crippen molar-refractivity contribution in [2.75, 3.05) is 36.5 Å². The quantitative estimate of drug-likeness (QED) is 0.504. The summed E-state index contributed by atoms with van der Waals surface area (Å²) in [5.41, 5.74) is 3.39. The van der Waals surface area contributed by atoms with Crippen LogP contribution in [0.25, 0.3) is 10.9 Å². The van der Waals surface area contributed by atoms with Gasteiger partial charge in [0.2, 0.25) is 0 Å². The van der Waals surface area contributed by atoms with Crippen molar-refractivity contribution in [2.45, 2.75) is 58.1 Å². The summed E-state index contributed by atoms with van der Waals surface area (Å²) in [6.45, 7) is 7.35. The first-order valence-corrected chi connectivity index (χ1v) is 13.5. The number of carbonyl (C=O) groups excluding carboxylic acids is 1. The molecule has 1 N–H and O–H groups in total. The van der Waals surface area contributed by atoms with Crippen molar-refractivity contribution in [3.63, 3.8) is 0 Å². The van der Waals surface area contributed by atoms with Crippen molar-refractivity contribution >= 4 is 28.2 Å². The second kappa shape index (κ2) is 9.77. The fourth-order valence-electron chi connectivity index (χ4n) is 6.04. The van der Waals surface area contributed by atoms with Crippen LogP contribution in [0.5, 0.6) is 5.75 Å². The highest BCUT2D eigenvalue weighted by Crippen LogP contribution is 2.38. The van der Waals surface area contributed by atoms with E-state index < -0.39 is 0 Å². The SMILES string of the molecule is CC(C)[C@H]1CC[C@H](n2cc3cc4c(cc3n2)N2CC[C@@H](C2)OCCOc2cccc(c2)C(=O)N4)CC1. The Bertz CT molecular complexity index is 1240. The van der Waals surface area contributed by atoms with E-state index in [-0.39, 0.29) is 12.0 Å². The van der Waals surface area contributed by atoms with Gasteiger partial charge in [-0.1, -0.05) is 19.9 Å². The summed E-state index contributed by atoms with van der Waals surface area (Å²) in [5, 5.41) is 9.27. The van der Waals surface area contributed by atoms with E-state index in [2.05, 4.69) is 47.1 Å². The van der Waals surface area contributed by atoms with Gasteiger partial charge in [-0.05, 0) is 74.3 Å². The van der Waals surface area contributed by atoms with Crippen LogP contribution in [0.2, 0.25) is 0 Å². The Balaban J connectivity index is 1.34. The molecular formula is C29H36N4O3. The van der Waals surface area contributed by atoms with Crippen LogP contribution < -0.4 is 15.0 Å². The van der Waals surface area contributed by atoms with Crippen LogP contribution in [0, 0.1) is 11.8 Å². The number of nitrogens with one attached hydrogen (secondary N) is 1. The van der Waals surface area contributed by atoms with Crippen LogP contribution in [0.4, 0.5) is 11.4 Å². The lowest BCUT2D eigenvalue weighted by Gasteiger charge is -2.30. The summed E-state index contributed by atoms with van der Waals surface area (Å²) in [5.74, 6) is 2.12. The molecular weight excluding hydrogens is 452 g/mol. The minimum atomic E-state index is -0.135. The summed E-state index contributed by atoms with van der Waals surface area (Å²) >= 11 is 0. The minimum Gasteiger partial charge on any atom is -0.491 e. The summed E-state index contributed by atoms with van der Waals surface area (Å²) < 4.78 is 14.1. The summed E-state index contributed by atoms with van der Waals surface area (Å²) in [4.78, 5) is 15.6. The Labute approximate surface area is 212 Å². The van der Waals surface area contributed by atoms with E-state index in [0.717, 1.165) is 53.6 Å². The molecule has 7 heteroatoms. The topological polar surface area (TPSA) is 68.6 Å². The number of amides is 1. The van der Waals surface area contributed by atoms with Crippen LogP contribution in [-0.4, -0.2) is 48.1 Å². The largest absolute Gasteiger partial charge is 0.491 e. The Kier molecular flexibility index (Phi) is 6.34. The molecule has 0 unspecified atom stereocenters. The van der Waals surface area contributed by atoms with E-state index in [1.165, 1.54) is 25.7 Å². The zero-order chi connectivity index (χ0) is 24.6. The highest BCUT2D eigenvalue weighted by molar-refractivity contribution is 6.07. The minimum absolute atomic E-state index is 0.135. The Morgan fingerprint density at radius 1 is 1.06 bits per heavy atom. The van der Waals surface area contributed by atoms with Gasteiger partial charge in [0.25, 0.3) is 5.91 Å². The van der Waals surface area contributed by atoms with Gasteiger partial charge in [0.15, 0.2) is 0 Å². The number of rotatable bonds is 2. The maximum absolute atomic E-state index is 13.3. The third-order valence-corrected chi connectivity index (χ3v) is 8.23. The smallest absolute Gasteiger partial charge is 0.255 e. The number of hydrogen-bond acceptors (Lipinski definition) is 5. The van der Waals surface area contributed by atoms with Crippen molar-refractivity contribution < 1.29 is 14.3 Å². The van der Waals surface area contributed by atoms with Crippen LogP contribution >= 0.6 is 0 Å². The summed E-state index contributed by atoms with van der Waals surface area (Å²) in [7, 11) is 0. The fourth-order valence-corrected chi connectivity index (χ4v) is 6.04. The number of carbonyl (C=O) groups is 1. The van der Waals surface area contributed by atoms with Crippen molar-refractivity contribution in [1.82, 2.24) is 9.78 Å². The third kappa shape index (κ3) is 4.69. The first kappa shape index (κ1) is 23.3. The molecule has 2 fully saturated rings. The molecule has 2 aromatic carbocycles. The zero-order valence-corrected chi connectivity index (χ0v) is 21.3. The van der Waals surface area contributed by atoms with Gasteiger partial charge >= 0.3 is 0 Å². The molecule has 36 heavy (non-hydrogen) atoms. The molecule has 1 aromatic heterocycles. The van der Waals surface area contributed by atoms with Crippen LogP contribution in [0.3, 0.4) is 0 Å². The lowest BCUT2D eigenvalue weighted by molar-refractivity contribution is 0.0465. The van der Waals surface area contributed by atoms with Gasteiger partial charge in [0.1, 0.15) is 12.4 Å². The summed E-state index contributed by atoms with van der Waals surface area (Å²) in [6.07, 6.45) is 8.15. The molecule has 3 aliphatic rings. The third-order valence-electron chi connectivity index (χ3n) is 8.23. The van der Waals surface area contributed by atoms with Crippen LogP contribution in [0.15, 0.2) is 42.6 Å². The summed E-state index contributed by atoms with van der Waals surface area (Å²) in [6, 6.07) is 12.0. The van der Waals surface area contributed by atoms with Crippen LogP contribution in [-0.2, 0) is 4.74 Å². The second-order valence-corrected chi connectivity index (χ2v) is 10.9. The van der Waals surface area contributed by atoms with Crippen molar-refractivity contribution in [3.8, 4) is 5.75 Å². The number of ether oxygens (including phenoxy) is 2. The number of benzene rings is 2. The molecule has 1 saturated carbocycles. The Morgan fingerprint density at radius 3 is 2.75 bits per heavy atom. The molecule has 3 aromatic rings. The molecule has 6 rings (SSSR count). The van der Waals surface area contributed by atoms with E-state index in [9.17, 15) is 4.79 Å². The molecule has 0 spiro atoms. The predicted octanol–water partition coefficient (Wildman–Crippen LogP) is 5.66. The van der Waals surface area contributed by atoms with Gasteiger partial charge in [-0.25, -0.2) is 0 Å². The molecule has 1 amide bonds. The maximum Gasteiger partial charge on any atom is 0.255 e. The van der Waals surface area contributed by atoms with E-state index in [0.29, 0.717) is 30.6 Å². The molecule has 7 nitrogen and oxygen atoms in total. The molecule has 3 heterocycles. The van der Waals surface area contributed by atoms with E-state index in [4.69, 9.17) is 14.6 Å². The standard InChI is InChI=1S/C29H36N4O3/c1-19(2)20-6-8-23(9-7-20)33-17-22-15-27-28(16-26(22)31-33)32-11-10-25(18-32)36-13-12-35-24-5-3-4-21(14-24)29(34)30-27/h3-5,14-17,19-20,23,25H,6-13,18H2,1-2H3,(H,30,34)/t20-,23-,25-/m0/s1. The van der Waals surface area contributed by atoms with Crippen molar-refractivity contribution in [2.24, 2.45) is 11.8 Å². The van der Waals surface area contributed by atoms with Crippen LogP contribution in [0.1, 0.15) is 62.4 Å². The van der Waals surface area contributed by atoms with Gasteiger partial charge in [-0.2, -0.15) is 5.10 Å². The lowest BCUT2D eigenvalue weighted by Crippen LogP contribution is -2.26. The number of nitrogens with zero attached hydrogens (tertiary/aromatic N) is 3. The average Bonchev–Trinajstić information content (AvgIpc) is 3.53. The monoisotopic (exact) mass is 488 g/mol. The van der Waals surface area contributed by atoms with Gasteiger partial charge in [0, 0.05) is 30.2 Å². The first-order chi connectivity index (χ1) is 17.5. The van der Waals surface area contributed by atoms with E-state index >= 15 is 0 Å². The fraction of sp³-hybridized carbons (Fsp3) is 0.517. The first-order valence-electron chi connectivity index (χ1n) is 13.5. The highest BCUT2D eigenvalue weighted by atomic mass is 16.5. The predicted molar refractivity (Wildman–Crippen MR) is 142 cm³/mol. The molecule has 4 bridgehead atoms. The van der Waals surface area contributed by atoms with Gasteiger partial charge in [0.05, 0.1) is 35.6 Å². The lowest BCUT2D eigenvalue weighted by atomic mass is 9.80. The highest BCUT2D eigenvalue weighted by Gasteiger charge is 2.28.